The molecule has 3 rings (SSSR count). The molecule has 1 saturated heterocycles. The molecular weight excluding hydrogens is 288 g/mol. The van der Waals surface area contributed by atoms with E-state index in [0.717, 1.165) is 13.1 Å². The zero-order valence-electron chi connectivity index (χ0n) is 12.5. The minimum Gasteiger partial charge on any atom is -0.378 e. The second-order valence-corrected chi connectivity index (χ2v) is 6.72. The molecule has 2 heterocycles. The first-order valence-corrected chi connectivity index (χ1v) is 8.22. The summed E-state index contributed by atoms with van der Waals surface area (Å²) in [5.41, 5.74) is 0.416. The van der Waals surface area contributed by atoms with E-state index in [1.54, 1.807) is 10.9 Å². The fourth-order valence-electron chi connectivity index (χ4n) is 2.93. The molecule has 116 valence electrons. The minimum absolute atomic E-state index is 0.0899. The number of rotatable bonds is 5. The average molecular weight is 311 g/mol. The molecular formula is C15H23ClN4O. The van der Waals surface area contributed by atoms with Gasteiger partial charge in [-0.2, -0.15) is 5.10 Å². The van der Waals surface area contributed by atoms with Crippen LogP contribution in [0.15, 0.2) is 11.0 Å². The Morgan fingerprint density at radius 2 is 2.19 bits per heavy atom. The summed E-state index contributed by atoms with van der Waals surface area (Å²) < 4.78 is 1.55. The van der Waals surface area contributed by atoms with Crippen molar-refractivity contribution in [3.8, 4) is 0 Å². The predicted octanol–water partition coefficient (Wildman–Crippen LogP) is 2.20. The van der Waals surface area contributed by atoms with E-state index in [1.165, 1.54) is 32.1 Å². The van der Waals surface area contributed by atoms with Gasteiger partial charge in [-0.25, -0.2) is 4.68 Å². The molecule has 0 radical (unpaired) electrons. The predicted molar refractivity (Wildman–Crippen MR) is 85.0 cm³/mol. The minimum atomic E-state index is -0.0899. The summed E-state index contributed by atoms with van der Waals surface area (Å²) in [6.45, 7) is 2.61. The van der Waals surface area contributed by atoms with Crippen LogP contribution in [0.2, 0.25) is 5.02 Å². The standard InChI is InChI=1S/C15H23ClN4O/c1-19-7-3-2-4-12(19)8-17-14-13(16)9-18-20(15(14)21)10-11-5-6-11/h9,11-12,17H,2-8,10H2,1H3. The maximum Gasteiger partial charge on any atom is 0.291 e. The van der Waals surface area contributed by atoms with E-state index in [-0.39, 0.29) is 5.56 Å². The number of hydrogen-bond donors (Lipinski definition) is 1. The van der Waals surface area contributed by atoms with Crippen molar-refractivity contribution in [1.29, 1.82) is 0 Å². The van der Waals surface area contributed by atoms with Crippen molar-refractivity contribution >= 4 is 17.3 Å². The van der Waals surface area contributed by atoms with Gasteiger partial charge in [-0.1, -0.05) is 18.0 Å². The molecule has 0 aromatic carbocycles. The van der Waals surface area contributed by atoms with Gasteiger partial charge in [-0.05, 0) is 45.2 Å². The molecule has 1 unspecified atom stereocenters. The molecule has 1 aliphatic heterocycles. The molecule has 6 heteroatoms. The van der Waals surface area contributed by atoms with Gasteiger partial charge in [0.2, 0.25) is 0 Å². The zero-order chi connectivity index (χ0) is 14.8. The van der Waals surface area contributed by atoms with Gasteiger partial charge >= 0.3 is 0 Å². The van der Waals surface area contributed by atoms with Crippen molar-refractivity contribution in [1.82, 2.24) is 14.7 Å². The Kier molecular flexibility index (Phi) is 4.50. The molecule has 21 heavy (non-hydrogen) atoms. The highest BCUT2D eigenvalue weighted by Crippen LogP contribution is 2.30. The van der Waals surface area contributed by atoms with E-state index in [9.17, 15) is 4.79 Å². The third kappa shape index (κ3) is 3.58. The number of likely N-dealkylation sites (tertiary alicyclic amines) is 1. The van der Waals surface area contributed by atoms with Gasteiger partial charge < -0.3 is 10.2 Å². The van der Waals surface area contributed by atoms with E-state index in [2.05, 4.69) is 22.4 Å². The van der Waals surface area contributed by atoms with Crippen LogP contribution < -0.4 is 10.9 Å². The average Bonchev–Trinajstić information content (AvgIpc) is 3.28. The van der Waals surface area contributed by atoms with E-state index in [4.69, 9.17) is 11.6 Å². The fraction of sp³-hybridized carbons (Fsp3) is 0.733. The van der Waals surface area contributed by atoms with E-state index in [1.807, 2.05) is 0 Å². The van der Waals surface area contributed by atoms with Gasteiger partial charge in [0, 0.05) is 19.1 Å². The van der Waals surface area contributed by atoms with Crippen LogP contribution in [-0.2, 0) is 6.54 Å². The number of piperidine rings is 1. The summed E-state index contributed by atoms with van der Waals surface area (Å²) in [7, 11) is 2.14. The zero-order valence-corrected chi connectivity index (χ0v) is 13.3. The van der Waals surface area contributed by atoms with Crippen molar-refractivity contribution in [3.05, 3.63) is 21.6 Å². The monoisotopic (exact) mass is 310 g/mol. The van der Waals surface area contributed by atoms with E-state index < -0.39 is 0 Å². The normalized spacial score (nSPS) is 23.2. The third-order valence-electron chi connectivity index (χ3n) is 4.56. The molecule has 1 aliphatic carbocycles. The first-order valence-electron chi connectivity index (χ1n) is 7.85. The van der Waals surface area contributed by atoms with Crippen LogP contribution in [0.25, 0.3) is 0 Å². The van der Waals surface area contributed by atoms with Crippen molar-refractivity contribution in [2.75, 3.05) is 25.5 Å². The van der Waals surface area contributed by atoms with Crippen LogP contribution in [0.1, 0.15) is 32.1 Å². The molecule has 1 atom stereocenters. The lowest BCUT2D eigenvalue weighted by atomic mass is 10.0. The van der Waals surface area contributed by atoms with Gasteiger partial charge in [0.05, 0.1) is 11.2 Å². The Morgan fingerprint density at radius 3 is 2.90 bits per heavy atom. The van der Waals surface area contributed by atoms with Gasteiger partial charge in [-0.15, -0.1) is 0 Å². The van der Waals surface area contributed by atoms with Crippen LogP contribution in [-0.4, -0.2) is 40.9 Å². The van der Waals surface area contributed by atoms with Gasteiger partial charge in [0.1, 0.15) is 5.69 Å². The number of likely N-dealkylation sites (N-methyl/N-ethyl adjacent to an activating group) is 1. The van der Waals surface area contributed by atoms with Crippen molar-refractivity contribution in [2.24, 2.45) is 5.92 Å². The number of nitrogens with zero attached hydrogens (tertiary/aromatic N) is 3. The van der Waals surface area contributed by atoms with Crippen molar-refractivity contribution in [2.45, 2.75) is 44.7 Å². The first-order chi connectivity index (χ1) is 10.1. The smallest absolute Gasteiger partial charge is 0.291 e. The van der Waals surface area contributed by atoms with Gasteiger partial charge in [0.25, 0.3) is 5.56 Å². The van der Waals surface area contributed by atoms with Gasteiger partial charge in [-0.3, -0.25) is 4.79 Å². The maximum atomic E-state index is 12.4. The summed E-state index contributed by atoms with van der Waals surface area (Å²) in [6, 6.07) is 0.472. The number of anilines is 1. The fourth-order valence-corrected chi connectivity index (χ4v) is 3.12. The van der Waals surface area contributed by atoms with Crippen LogP contribution >= 0.6 is 11.6 Å². The molecule has 1 aromatic rings. The van der Waals surface area contributed by atoms with E-state index >= 15 is 0 Å². The molecule has 0 bridgehead atoms. The highest BCUT2D eigenvalue weighted by Gasteiger charge is 2.24. The Bertz CT molecular complexity index is 555. The summed E-state index contributed by atoms with van der Waals surface area (Å²) in [5, 5.41) is 7.84. The molecule has 2 aliphatic rings. The Hall–Kier alpha value is -1.07. The molecule has 1 aromatic heterocycles. The summed E-state index contributed by atoms with van der Waals surface area (Å²) in [4.78, 5) is 14.8. The van der Waals surface area contributed by atoms with Crippen LogP contribution in [0.4, 0.5) is 5.69 Å². The summed E-state index contributed by atoms with van der Waals surface area (Å²) in [6.07, 6.45) is 7.67. The lowest BCUT2D eigenvalue weighted by Crippen LogP contribution is -2.41. The lowest BCUT2D eigenvalue weighted by molar-refractivity contribution is 0.194. The van der Waals surface area contributed by atoms with Crippen molar-refractivity contribution < 1.29 is 0 Å². The molecule has 0 amide bonds. The number of halogens is 1. The van der Waals surface area contributed by atoms with E-state index in [0.29, 0.717) is 29.2 Å². The Balaban J connectivity index is 1.70. The van der Waals surface area contributed by atoms with Crippen LogP contribution in [0, 0.1) is 5.92 Å². The molecule has 5 nitrogen and oxygen atoms in total. The molecule has 2 fully saturated rings. The number of hydrogen-bond acceptors (Lipinski definition) is 4. The summed E-state index contributed by atoms with van der Waals surface area (Å²) in [5.74, 6) is 0.619. The third-order valence-corrected chi connectivity index (χ3v) is 4.85. The SMILES string of the molecule is CN1CCCCC1CNc1c(Cl)cnn(CC2CC2)c1=O. The molecule has 1 saturated carbocycles. The highest BCUT2D eigenvalue weighted by molar-refractivity contribution is 6.32. The second kappa shape index (κ2) is 6.36. The lowest BCUT2D eigenvalue weighted by Gasteiger charge is -2.32. The van der Waals surface area contributed by atoms with Gasteiger partial charge in [0.15, 0.2) is 0 Å². The largest absolute Gasteiger partial charge is 0.378 e. The second-order valence-electron chi connectivity index (χ2n) is 6.31. The Morgan fingerprint density at radius 1 is 1.38 bits per heavy atom. The first kappa shape index (κ1) is 14.9. The van der Waals surface area contributed by atoms with Crippen LogP contribution in [0.3, 0.4) is 0 Å². The Labute approximate surface area is 130 Å². The number of nitrogens with one attached hydrogen (secondary N) is 1. The maximum absolute atomic E-state index is 12.4. The topological polar surface area (TPSA) is 50.2 Å². The number of aromatic nitrogens is 2. The highest BCUT2D eigenvalue weighted by atomic mass is 35.5. The molecule has 1 N–H and O–H groups in total. The quantitative estimate of drug-likeness (QED) is 0.906. The van der Waals surface area contributed by atoms with Crippen molar-refractivity contribution in [3.63, 3.8) is 0 Å². The molecule has 0 spiro atoms. The van der Waals surface area contributed by atoms with Crippen LogP contribution in [0.5, 0.6) is 0 Å². The summed E-state index contributed by atoms with van der Waals surface area (Å²) >= 11 is 6.16.